The van der Waals surface area contributed by atoms with Crippen LogP contribution in [-0.4, -0.2) is 42.9 Å². The van der Waals surface area contributed by atoms with Crippen LogP contribution in [0.2, 0.25) is 0 Å². The monoisotopic (exact) mass is 187 g/mol. The highest BCUT2D eigenvalue weighted by Gasteiger charge is 2.29. The van der Waals surface area contributed by atoms with E-state index in [4.69, 9.17) is 0 Å². The zero-order chi connectivity index (χ0) is 9.84. The Balaban J connectivity index is 2.48. The zero-order valence-electron chi connectivity index (χ0n) is 6.99. The molecule has 0 bridgehead atoms. The van der Waals surface area contributed by atoms with E-state index in [1.165, 1.54) is 7.11 Å². The molecule has 72 valence electrons. The van der Waals surface area contributed by atoms with Crippen molar-refractivity contribution in [3.63, 3.8) is 0 Å². The van der Waals surface area contributed by atoms with Crippen LogP contribution < -0.4 is 10.8 Å². The Morgan fingerprint density at radius 3 is 2.85 bits per heavy atom. The third-order valence-electron chi connectivity index (χ3n) is 1.45. The summed E-state index contributed by atoms with van der Waals surface area (Å²) < 4.78 is 0. The lowest BCUT2D eigenvalue weighted by molar-refractivity contribution is -0.136. The summed E-state index contributed by atoms with van der Waals surface area (Å²) in [6.45, 7) is -0.377. The van der Waals surface area contributed by atoms with Crippen molar-refractivity contribution < 1.29 is 19.2 Å². The summed E-state index contributed by atoms with van der Waals surface area (Å²) in [6.07, 6.45) is 0. The van der Waals surface area contributed by atoms with E-state index < -0.39 is 17.8 Å². The SMILES string of the molecule is CONC(=O)CN1C(=O)CNC1=O. The summed E-state index contributed by atoms with van der Waals surface area (Å²) in [6, 6.07) is -0.559. The van der Waals surface area contributed by atoms with Crippen molar-refractivity contribution in [3.05, 3.63) is 0 Å². The fourth-order valence-electron chi connectivity index (χ4n) is 0.905. The fourth-order valence-corrected chi connectivity index (χ4v) is 0.905. The molecule has 0 unspecified atom stereocenters. The Morgan fingerprint density at radius 1 is 1.69 bits per heavy atom. The molecule has 7 heteroatoms. The molecule has 1 rings (SSSR count). The highest BCUT2D eigenvalue weighted by molar-refractivity contribution is 6.04. The predicted molar refractivity (Wildman–Crippen MR) is 40.3 cm³/mol. The Kier molecular flexibility index (Phi) is 2.80. The van der Waals surface area contributed by atoms with Crippen molar-refractivity contribution in [2.24, 2.45) is 0 Å². The Labute approximate surface area is 74.0 Å². The minimum atomic E-state index is -0.559. The molecule has 13 heavy (non-hydrogen) atoms. The van der Waals surface area contributed by atoms with E-state index in [0.29, 0.717) is 0 Å². The van der Waals surface area contributed by atoms with Crippen LogP contribution in [0, 0.1) is 0 Å². The van der Waals surface area contributed by atoms with Gasteiger partial charge >= 0.3 is 6.03 Å². The molecule has 1 saturated heterocycles. The maximum absolute atomic E-state index is 10.9. The van der Waals surface area contributed by atoms with Gasteiger partial charge in [0, 0.05) is 0 Å². The second kappa shape index (κ2) is 3.85. The van der Waals surface area contributed by atoms with Crippen LogP contribution in [-0.2, 0) is 14.4 Å². The number of carbonyl (C=O) groups is 3. The van der Waals surface area contributed by atoms with E-state index in [1.54, 1.807) is 0 Å². The molecule has 0 aliphatic carbocycles. The minimum absolute atomic E-state index is 0.0565. The van der Waals surface area contributed by atoms with Gasteiger partial charge < -0.3 is 5.32 Å². The molecular formula is C6H9N3O4. The normalized spacial score (nSPS) is 15.9. The molecule has 0 aromatic carbocycles. The number of amides is 4. The molecule has 2 N–H and O–H groups in total. The number of urea groups is 1. The maximum atomic E-state index is 10.9. The third kappa shape index (κ3) is 2.15. The van der Waals surface area contributed by atoms with E-state index in [1.807, 2.05) is 5.48 Å². The van der Waals surface area contributed by atoms with Crippen LogP contribution in [0.15, 0.2) is 0 Å². The molecule has 0 aromatic heterocycles. The average Bonchev–Trinajstić information content (AvgIpc) is 2.36. The van der Waals surface area contributed by atoms with Gasteiger partial charge in [-0.05, 0) is 0 Å². The fraction of sp³-hybridized carbons (Fsp3) is 0.500. The van der Waals surface area contributed by atoms with Crippen molar-refractivity contribution in [1.82, 2.24) is 15.7 Å². The summed E-state index contributed by atoms with van der Waals surface area (Å²) in [7, 11) is 1.27. The van der Waals surface area contributed by atoms with E-state index >= 15 is 0 Å². The lowest BCUT2D eigenvalue weighted by Crippen LogP contribution is -2.40. The number of nitrogens with one attached hydrogen (secondary N) is 2. The second-order valence-corrected chi connectivity index (χ2v) is 2.37. The van der Waals surface area contributed by atoms with Crippen molar-refractivity contribution >= 4 is 17.8 Å². The van der Waals surface area contributed by atoms with E-state index in [2.05, 4.69) is 10.2 Å². The van der Waals surface area contributed by atoms with E-state index in [9.17, 15) is 14.4 Å². The lowest BCUT2D eigenvalue weighted by atomic mass is 10.5. The largest absolute Gasteiger partial charge is 0.329 e. The quantitative estimate of drug-likeness (QED) is 0.403. The summed E-state index contributed by atoms with van der Waals surface area (Å²) >= 11 is 0. The van der Waals surface area contributed by atoms with Crippen molar-refractivity contribution in [3.8, 4) is 0 Å². The molecule has 0 radical (unpaired) electrons. The summed E-state index contributed by atoms with van der Waals surface area (Å²) in [5.41, 5.74) is 2.00. The van der Waals surface area contributed by atoms with Gasteiger partial charge in [0.1, 0.15) is 6.54 Å². The lowest BCUT2D eigenvalue weighted by Gasteiger charge is -2.10. The van der Waals surface area contributed by atoms with Crippen molar-refractivity contribution in [1.29, 1.82) is 0 Å². The first kappa shape index (κ1) is 9.46. The van der Waals surface area contributed by atoms with Gasteiger partial charge in [-0.15, -0.1) is 0 Å². The van der Waals surface area contributed by atoms with Gasteiger partial charge in [0.05, 0.1) is 13.7 Å². The van der Waals surface area contributed by atoms with Crippen LogP contribution in [0.4, 0.5) is 4.79 Å². The number of imide groups is 1. The van der Waals surface area contributed by atoms with Crippen LogP contribution in [0.5, 0.6) is 0 Å². The number of hydrogen-bond acceptors (Lipinski definition) is 4. The first-order valence-electron chi connectivity index (χ1n) is 3.55. The van der Waals surface area contributed by atoms with Gasteiger partial charge in [0.15, 0.2) is 0 Å². The molecule has 1 heterocycles. The molecule has 0 atom stereocenters. The maximum Gasteiger partial charge on any atom is 0.325 e. The topological polar surface area (TPSA) is 87.7 Å². The predicted octanol–water partition coefficient (Wildman–Crippen LogP) is -1.78. The second-order valence-electron chi connectivity index (χ2n) is 2.37. The van der Waals surface area contributed by atoms with Gasteiger partial charge in [-0.25, -0.2) is 10.3 Å². The van der Waals surface area contributed by atoms with Gasteiger partial charge in [0.25, 0.3) is 11.8 Å². The molecular weight excluding hydrogens is 178 g/mol. The highest BCUT2D eigenvalue weighted by atomic mass is 16.6. The summed E-state index contributed by atoms with van der Waals surface area (Å²) in [5, 5.41) is 2.28. The van der Waals surface area contributed by atoms with Crippen LogP contribution in [0.1, 0.15) is 0 Å². The zero-order valence-corrected chi connectivity index (χ0v) is 6.99. The van der Waals surface area contributed by atoms with E-state index in [-0.39, 0.29) is 13.1 Å². The average molecular weight is 187 g/mol. The van der Waals surface area contributed by atoms with Crippen molar-refractivity contribution in [2.75, 3.05) is 20.2 Å². The third-order valence-corrected chi connectivity index (χ3v) is 1.45. The smallest absolute Gasteiger partial charge is 0.325 e. The molecule has 7 nitrogen and oxygen atoms in total. The molecule has 0 saturated carbocycles. The Morgan fingerprint density at radius 2 is 2.38 bits per heavy atom. The van der Waals surface area contributed by atoms with Crippen LogP contribution in [0.3, 0.4) is 0 Å². The number of hydrogen-bond donors (Lipinski definition) is 2. The molecule has 1 aliphatic rings. The first-order valence-corrected chi connectivity index (χ1v) is 3.55. The van der Waals surface area contributed by atoms with E-state index in [0.717, 1.165) is 4.90 Å². The molecule has 0 spiro atoms. The number of nitrogens with zero attached hydrogens (tertiary/aromatic N) is 1. The number of carbonyl (C=O) groups excluding carboxylic acids is 3. The molecule has 4 amide bonds. The first-order chi connectivity index (χ1) is 6.15. The summed E-state index contributed by atoms with van der Waals surface area (Å²) in [5.74, 6) is -0.968. The molecule has 1 aliphatic heterocycles. The van der Waals surface area contributed by atoms with Gasteiger partial charge in [-0.1, -0.05) is 0 Å². The van der Waals surface area contributed by atoms with Gasteiger partial charge in [0.2, 0.25) is 0 Å². The van der Waals surface area contributed by atoms with Gasteiger partial charge in [-0.3, -0.25) is 19.3 Å². The van der Waals surface area contributed by atoms with Crippen LogP contribution >= 0.6 is 0 Å². The highest BCUT2D eigenvalue weighted by Crippen LogP contribution is 1.97. The van der Waals surface area contributed by atoms with Gasteiger partial charge in [-0.2, -0.15) is 0 Å². The standard InChI is InChI=1S/C6H9N3O4/c1-13-8-4(10)3-9-5(11)2-7-6(9)12/h2-3H2,1H3,(H,7,12)(H,8,10). The Bertz CT molecular complexity index is 236. The Hall–Kier alpha value is -1.63. The minimum Gasteiger partial charge on any atom is -0.329 e. The number of hydroxylamine groups is 1. The van der Waals surface area contributed by atoms with Crippen molar-refractivity contribution in [2.45, 2.75) is 0 Å². The van der Waals surface area contributed by atoms with Crippen LogP contribution in [0.25, 0.3) is 0 Å². The summed E-state index contributed by atoms with van der Waals surface area (Å²) in [4.78, 5) is 37.9. The number of rotatable bonds is 3. The molecule has 1 fully saturated rings. The molecule has 0 aromatic rings.